The molecule has 13 heavy (non-hydrogen) atoms. The molecule has 0 aliphatic carbocycles. The minimum atomic E-state index is -3.41. The van der Waals surface area contributed by atoms with E-state index >= 15 is 0 Å². The van der Waals surface area contributed by atoms with Gasteiger partial charge in [0.2, 0.25) is 0 Å². The fourth-order valence-corrected chi connectivity index (χ4v) is 2.34. The minimum absolute atomic E-state index is 0.194. The monoisotopic (exact) mass is 210 g/mol. The first-order valence-electron chi connectivity index (χ1n) is 4.36. The third-order valence-corrected chi connectivity index (χ3v) is 3.57. The molecule has 0 aromatic rings. The van der Waals surface area contributed by atoms with Crippen LogP contribution in [-0.2, 0) is 10.2 Å². The fourth-order valence-electron chi connectivity index (χ4n) is 0.930. The molecule has 5 nitrogen and oxygen atoms in total. The van der Waals surface area contributed by atoms with Crippen molar-refractivity contribution < 1.29 is 13.5 Å². The number of aliphatic hydroxyl groups is 1. The highest BCUT2D eigenvalue weighted by molar-refractivity contribution is 7.87. The normalized spacial score (nSPS) is 14.8. The van der Waals surface area contributed by atoms with E-state index in [9.17, 15) is 8.42 Å². The Morgan fingerprint density at radius 3 is 2.15 bits per heavy atom. The molecule has 0 fully saturated rings. The molecular formula is C7H18N2O3S. The number of rotatable bonds is 6. The Labute approximate surface area is 79.9 Å². The maximum absolute atomic E-state index is 11.5. The highest BCUT2D eigenvalue weighted by atomic mass is 32.2. The topological polar surface area (TPSA) is 69.6 Å². The Kier molecular flexibility index (Phi) is 5.46. The lowest BCUT2D eigenvalue weighted by molar-refractivity contribution is 0.262. The third-order valence-electron chi connectivity index (χ3n) is 1.67. The Morgan fingerprint density at radius 1 is 1.38 bits per heavy atom. The quantitative estimate of drug-likeness (QED) is 0.623. The zero-order valence-corrected chi connectivity index (χ0v) is 9.13. The van der Waals surface area contributed by atoms with Gasteiger partial charge in [-0.25, -0.2) is 0 Å². The third kappa shape index (κ3) is 4.04. The summed E-state index contributed by atoms with van der Waals surface area (Å²) in [6.07, 6.45) is 0. The van der Waals surface area contributed by atoms with Crippen LogP contribution in [0.1, 0.15) is 20.8 Å². The van der Waals surface area contributed by atoms with Crippen molar-refractivity contribution in [2.45, 2.75) is 26.8 Å². The van der Waals surface area contributed by atoms with Crippen molar-refractivity contribution in [2.24, 2.45) is 0 Å². The SMILES string of the molecule is CCN(CC)S(=O)(=O)NC(C)CO. The second-order valence-electron chi connectivity index (χ2n) is 2.79. The van der Waals surface area contributed by atoms with Crippen LogP contribution in [0.3, 0.4) is 0 Å². The van der Waals surface area contributed by atoms with Crippen LogP contribution in [0.15, 0.2) is 0 Å². The lowest BCUT2D eigenvalue weighted by atomic mass is 10.4. The highest BCUT2D eigenvalue weighted by Crippen LogP contribution is 1.97. The van der Waals surface area contributed by atoms with Gasteiger partial charge in [-0.1, -0.05) is 13.8 Å². The van der Waals surface area contributed by atoms with E-state index in [1.54, 1.807) is 20.8 Å². The zero-order valence-electron chi connectivity index (χ0n) is 8.32. The molecule has 0 radical (unpaired) electrons. The summed E-state index contributed by atoms with van der Waals surface area (Å²) in [5, 5.41) is 8.68. The number of nitrogens with zero attached hydrogens (tertiary/aromatic N) is 1. The van der Waals surface area contributed by atoms with E-state index in [1.165, 1.54) is 4.31 Å². The highest BCUT2D eigenvalue weighted by Gasteiger charge is 2.19. The molecule has 0 saturated heterocycles. The van der Waals surface area contributed by atoms with E-state index in [1.807, 2.05) is 0 Å². The maximum atomic E-state index is 11.5. The first kappa shape index (κ1) is 12.8. The molecule has 0 aliphatic rings. The van der Waals surface area contributed by atoms with Gasteiger partial charge in [0.1, 0.15) is 0 Å². The van der Waals surface area contributed by atoms with Gasteiger partial charge in [-0.15, -0.1) is 0 Å². The van der Waals surface area contributed by atoms with E-state index < -0.39 is 16.3 Å². The van der Waals surface area contributed by atoms with Crippen LogP contribution in [0.25, 0.3) is 0 Å². The molecule has 80 valence electrons. The first-order valence-corrected chi connectivity index (χ1v) is 5.80. The summed E-state index contributed by atoms with van der Waals surface area (Å²) in [5.74, 6) is 0. The fraction of sp³-hybridized carbons (Fsp3) is 1.00. The van der Waals surface area contributed by atoms with E-state index in [0.29, 0.717) is 13.1 Å². The van der Waals surface area contributed by atoms with Crippen molar-refractivity contribution in [3.63, 3.8) is 0 Å². The predicted octanol–water partition coefficient (Wildman–Crippen LogP) is -0.457. The summed E-state index contributed by atoms with van der Waals surface area (Å²) < 4.78 is 26.6. The first-order chi connectivity index (χ1) is 5.97. The Balaban J connectivity index is 4.38. The van der Waals surface area contributed by atoms with Crippen LogP contribution in [0.2, 0.25) is 0 Å². The van der Waals surface area contributed by atoms with Gasteiger partial charge in [-0.05, 0) is 6.92 Å². The molecule has 0 aromatic carbocycles. The van der Waals surface area contributed by atoms with Crippen molar-refractivity contribution >= 4 is 10.2 Å². The van der Waals surface area contributed by atoms with Gasteiger partial charge >= 0.3 is 0 Å². The summed E-state index contributed by atoms with van der Waals surface area (Å²) in [6, 6.07) is -0.439. The van der Waals surface area contributed by atoms with Crippen LogP contribution in [0.5, 0.6) is 0 Å². The van der Waals surface area contributed by atoms with Gasteiger partial charge in [0.15, 0.2) is 0 Å². The van der Waals surface area contributed by atoms with Crippen LogP contribution in [-0.4, -0.2) is 43.6 Å². The summed E-state index contributed by atoms with van der Waals surface area (Å²) in [5.41, 5.74) is 0. The van der Waals surface area contributed by atoms with Crippen LogP contribution >= 0.6 is 0 Å². The van der Waals surface area contributed by atoms with Gasteiger partial charge < -0.3 is 5.11 Å². The van der Waals surface area contributed by atoms with Gasteiger partial charge in [-0.3, -0.25) is 0 Å². The average Bonchev–Trinajstić information content (AvgIpc) is 2.05. The largest absolute Gasteiger partial charge is 0.395 e. The molecule has 6 heteroatoms. The lowest BCUT2D eigenvalue weighted by Crippen LogP contribution is -2.45. The summed E-state index contributed by atoms with van der Waals surface area (Å²) in [6.45, 7) is 5.83. The van der Waals surface area contributed by atoms with E-state index in [-0.39, 0.29) is 6.61 Å². The average molecular weight is 210 g/mol. The van der Waals surface area contributed by atoms with Crippen molar-refractivity contribution in [2.75, 3.05) is 19.7 Å². The second kappa shape index (κ2) is 5.54. The van der Waals surface area contributed by atoms with E-state index in [2.05, 4.69) is 4.72 Å². The van der Waals surface area contributed by atoms with Crippen LogP contribution < -0.4 is 4.72 Å². The molecule has 0 rings (SSSR count). The molecule has 2 N–H and O–H groups in total. The van der Waals surface area contributed by atoms with Gasteiger partial charge in [0.25, 0.3) is 10.2 Å². The molecule has 0 amide bonds. The van der Waals surface area contributed by atoms with Crippen LogP contribution in [0.4, 0.5) is 0 Å². The van der Waals surface area contributed by atoms with Crippen molar-refractivity contribution in [3.8, 4) is 0 Å². The predicted molar refractivity (Wildman–Crippen MR) is 51.5 cm³/mol. The summed E-state index contributed by atoms with van der Waals surface area (Å²) >= 11 is 0. The molecule has 0 bridgehead atoms. The number of nitrogens with one attached hydrogen (secondary N) is 1. The second-order valence-corrected chi connectivity index (χ2v) is 4.49. The molecule has 0 aromatic heterocycles. The molecule has 1 unspecified atom stereocenters. The van der Waals surface area contributed by atoms with Gasteiger partial charge in [-0.2, -0.15) is 17.4 Å². The minimum Gasteiger partial charge on any atom is -0.395 e. The van der Waals surface area contributed by atoms with Crippen molar-refractivity contribution in [1.82, 2.24) is 9.03 Å². The smallest absolute Gasteiger partial charge is 0.279 e. The zero-order chi connectivity index (χ0) is 10.5. The lowest BCUT2D eigenvalue weighted by Gasteiger charge is -2.21. The molecule has 0 heterocycles. The molecular weight excluding hydrogens is 192 g/mol. The number of hydrogen-bond acceptors (Lipinski definition) is 3. The van der Waals surface area contributed by atoms with E-state index in [0.717, 1.165) is 0 Å². The number of hydrogen-bond donors (Lipinski definition) is 2. The molecule has 0 saturated carbocycles. The standard InChI is InChI=1S/C7H18N2O3S/c1-4-9(5-2)13(11,12)8-7(3)6-10/h7-8,10H,4-6H2,1-3H3. The van der Waals surface area contributed by atoms with E-state index in [4.69, 9.17) is 5.11 Å². The van der Waals surface area contributed by atoms with Crippen LogP contribution in [0, 0.1) is 0 Å². The Morgan fingerprint density at radius 2 is 1.85 bits per heavy atom. The van der Waals surface area contributed by atoms with Crippen molar-refractivity contribution in [1.29, 1.82) is 0 Å². The summed E-state index contributed by atoms with van der Waals surface area (Å²) in [7, 11) is -3.41. The maximum Gasteiger partial charge on any atom is 0.279 e. The molecule has 1 atom stereocenters. The van der Waals surface area contributed by atoms with Gasteiger partial charge in [0.05, 0.1) is 6.61 Å². The Hall–Kier alpha value is -0.170. The molecule has 0 aliphatic heterocycles. The number of aliphatic hydroxyl groups excluding tert-OH is 1. The summed E-state index contributed by atoms with van der Waals surface area (Å²) in [4.78, 5) is 0. The van der Waals surface area contributed by atoms with Crippen molar-refractivity contribution in [3.05, 3.63) is 0 Å². The molecule has 0 spiro atoms. The van der Waals surface area contributed by atoms with Gasteiger partial charge in [0, 0.05) is 19.1 Å². The Bertz CT molecular complexity index is 224.